The maximum absolute atomic E-state index is 6.28. The maximum Gasteiger partial charge on any atom is 0.205 e. The molecule has 0 saturated carbocycles. The summed E-state index contributed by atoms with van der Waals surface area (Å²) in [5.74, 6) is 1.26. The van der Waals surface area contributed by atoms with Crippen molar-refractivity contribution in [3.05, 3.63) is 47.5 Å². The summed E-state index contributed by atoms with van der Waals surface area (Å²) in [6, 6.07) is 13.3. The average Bonchev–Trinajstić information content (AvgIpc) is 2.83. The Balaban J connectivity index is 2.06. The van der Waals surface area contributed by atoms with E-state index in [0.717, 1.165) is 28.9 Å². The lowest BCUT2D eigenvalue weighted by atomic mass is 10.2. The van der Waals surface area contributed by atoms with Crippen LogP contribution in [0.2, 0.25) is 5.02 Å². The van der Waals surface area contributed by atoms with Crippen molar-refractivity contribution in [1.29, 1.82) is 0 Å². The average molecular weight is 302 g/mol. The van der Waals surface area contributed by atoms with E-state index in [1.165, 1.54) is 0 Å². The molecule has 2 aromatic carbocycles. The van der Waals surface area contributed by atoms with E-state index in [1.54, 1.807) is 0 Å². The van der Waals surface area contributed by atoms with Gasteiger partial charge in [0.15, 0.2) is 0 Å². The molecule has 0 aliphatic heterocycles. The minimum Gasteiger partial charge on any atom is -0.494 e. The van der Waals surface area contributed by atoms with Crippen molar-refractivity contribution in [2.24, 2.45) is 0 Å². The smallest absolute Gasteiger partial charge is 0.205 e. The highest BCUT2D eigenvalue weighted by molar-refractivity contribution is 6.35. The Morgan fingerprint density at radius 2 is 1.95 bits per heavy atom. The van der Waals surface area contributed by atoms with E-state index in [2.05, 4.69) is 11.9 Å². The van der Waals surface area contributed by atoms with Crippen molar-refractivity contribution in [2.75, 3.05) is 12.3 Å². The van der Waals surface area contributed by atoms with Gasteiger partial charge in [-0.25, -0.2) is 4.98 Å². The number of imidazole rings is 1. The monoisotopic (exact) mass is 301 g/mol. The molecule has 0 aliphatic rings. The minimum atomic E-state index is 0.417. The molecule has 5 heteroatoms. The van der Waals surface area contributed by atoms with Crippen LogP contribution in [0, 0.1) is 0 Å². The highest BCUT2D eigenvalue weighted by Crippen LogP contribution is 2.29. The van der Waals surface area contributed by atoms with Crippen molar-refractivity contribution in [2.45, 2.75) is 13.3 Å². The summed E-state index contributed by atoms with van der Waals surface area (Å²) in [7, 11) is 0. The predicted molar refractivity (Wildman–Crippen MR) is 86.3 cm³/mol. The van der Waals surface area contributed by atoms with Gasteiger partial charge in [-0.2, -0.15) is 0 Å². The molecule has 0 unspecified atom stereocenters. The van der Waals surface area contributed by atoms with Gasteiger partial charge in [0.2, 0.25) is 5.95 Å². The number of nitrogens with two attached hydrogens (primary N) is 1. The summed E-state index contributed by atoms with van der Waals surface area (Å²) >= 11 is 6.28. The van der Waals surface area contributed by atoms with E-state index in [-0.39, 0.29) is 0 Å². The van der Waals surface area contributed by atoms with Crippen LogP contribution in [-0.2, 0) is 0 Å². The third kappa shape index (κ3) is 2.54. The number of nitrogens with zero attached hydrogens (tertiary/aromatic N) is 2. The zero-order valence-corrected chi connectivity index (χ0v) is 12.5. The zero-order chi connectivity index (χ0) is 14.8. The van der Waals surface area contributed by atoms with Gasteiger partial charge >= 0.3 is 0 Å². The SMILES string of the molecule is CCCOc1ccc(-n2c(N)nc3cccc(Cl)c32)cc1. The molecule has 0 spiro atoms. The van der Waals surface area contributed by atoms with Crippen LogP contribution in [0.25, 0.3) is 16.7 Å². The second-order valence-electron chi connectivity index (χ2n) is 4.76. The summed E-state index contributed by atoms with van der Waals surface area (Å²) in [5, 5.41) is 0.628. The van der Waals surface area contributed by atoms with Gasteiger partial charge < -0.3 is 10.5 Å². The van der Waals surface area contributed by atoms with Gasteiger partial charge in [-0.15, -0.1) is 0 Å². The number of hydrogen-bond donors (Lipinski definition) is 1. The van der Waals surface area contributed by atoms with Crippen molar-refractivity contribution in [3.8, 4) is 11.4 Å². The van der Waals surface area contributed by atoms with Crippen LogP contribution < -0.4 is 10.5 Å². The van der Waals surface area contributed by atoms with Gasteiger partial charge in [-0.1, -0.05) is 24.6 Å². The minimum absolute atomic E-state index is 0.417. The van der Waals surface area contributed by atoms with Crippen LogP contribution in [-0.4, -0.2) is 16.2 Å². The van der Waals surface area contributed by atoms with Gasteiger partial charge in [0.25, 0.3) is 0 Å². The predicted octanol–water partition coefficient (Wildman–Crippen LogP) is 4.05. The first-order valence-corrected chi connectivity index (χ1v) is 7.24. The van der Waals surface area contributed by atoms with Crippen molar-refractivity contribution >= 4 is 28.6 Å². The molecule has 1 heterocycles. The van der Waals surface area contributed by atoms with E-state index < -0.39 is 0 Å². The highest BCUT2D eigenvalue weighted by atomic mass is 35.5. The van der Waals surface area contributed by atoms with Crippen LogP contribution in [0.1, 0.15) is 13.3 Å². The molecule has 0 bridgehead atoms. The Hall–Kier alpha value is -2.20. The van der Waals surface area contributed by atoms with E-state index >= 15 is 0 Å². The number of nitrogen functional groups attached to an aromatic ring is 1. The fourth-order valence-electron chi connectivity index (χ4n) is 2.28. The Bertz CT molecular complexity index is 765. The van der Waals surface area contributed by atoms with Crippen LogP contribution in [0.15, 0.2) is 42.5 Å². The molecule has 108 valence electrons. The fourth-order valence-corrected chi connectivity index (χ4v) is 2.53. The zero-order valence-electron chi connectivity index (χ0n) is 11.7. The standard InChI is InChI=1S/C16H16ClN3O/c1-2-10-21-12-8-6-11(7-9-12)20-15-13(17)4-3-5-14(15)19-16(20)18/h3-9H,2,10H2,1H3,(H2,18,19). The molecular formula is C16H16ClN3O. The molecular weight excluding hydrogens is 286 g/mol. The third-order valence-corrected chi connectivity index (χ3v) is 3.53. The normalized spacial score (nSPS) is 11.0. The van der Waals surface area contributed by atoms with Crippen LogP contribution in [0.4, 0.5) is 5.95 Å². The topological polar surface area (TPSA) is 53.1 Å². The van der Waals surface area contributed by atoms with E-state index in [4.69, 9.17) is 22.1 Å². The first kappa shape index (κ1) is 13.8. The molecule has 2 N–H and O–H groups in total. The van der Waals surface area contributed by atoms with Gasteiger partial charge in [0, 0.05) is 5.69 Å². The molecule has 0 radical (unpaired) electrons. The lowest BCUT2D eigenvalue weighted by molar-refractivity contribution is 0.317. The molecule has 4 nitrogen and oxygen atoms in total. The number of aromatic nitrogens is 2. The Morgan fingerprint density at radius 3 is 2.67 bits per heavy atom. The summed E-state index contributed by atoms with van der Waals surface area (Å²) in [6.07, 6.45) is 0.983. The van der Waals surface area contributed by atoms with Gasteiger partial charge in [-0.3, -0.25) is 4.57 Å². The molecule has 0 atom stereocenters. The molecule has 0 fully saturated rings. The Morgan fingerprint density at radius 1 is 1.19 bits per heavy atom. The van der Waals surface area contributed by atoms with Gasteiger partial charge in [0.1, 0.15) is 5.75 Å². The largest absolute Gasteiger partial charge is 0.494 e. The van der Waals surface area contributed by atoms with Gasteiger partial charge in [-0.05, 0) is 42.8 Å². The molecule has 21 heavy (non-hydrogen) atoms. The molecule has 1 aromatic heterocycles. The summed E-state index contributed by atoms with van der Waals surface area (Å²) in [6.45, 7) is 2.79. The van der Waals surface area contributed by atoms with Crippen LogP contribution >= 0.6 is 11.6 Å². The molecule has 0 amide bonds. The lowest BCUT2D eigenvalue weighted by Gasteiger charge is -2.09. The Labute approximate surface area is 128 Å². The molecule has 0 saturated heterocycles. The number of rotatable bonds is 4. The highest BCUT2D eigenvalue weighted by Gasteiger charge is 2.12. The quantitative estimate of drug-likeness (QED) is 0.791. The second-order valence-corrected chi connectivity index (χ2v) is 5.16. The number of fused-ring (bicyclic) bond motifs is 1. The van der Waals surface area contributed by atoms with Crippen molar-refractivity contribution in [1.82, 2.24) is 9.55 Å². The maximum atomic E-state index is 6.28. The van der Waals surface area contributed by atoms with Crippen LogP contribution in [0.3, 0.4) is 0 Å². The summed E-state index contributed by atoms with van der Waals surface area (Å²) in [5.41, 5.74) is 8.55. The number of benzene rings is 2. The number of hydrogen-bond acceptors (Lipinski definition) is 3. The first-order chi connectivity index (χ1) is 10.2. The van der Waals surface area contributed by atoms with E-state index in [0.29, 0.717) is 17.6 Å². The fraction of sp³-hybridized carbons (Fsp3) is 0.188. The molecule has 3 rings (SSSR count). The van der Waals surface area contributed by atoms with E-state index in [9.17, 15) is 0 Å². The number of para-hydroxylation sites is 1. The molecule has 0 aliphatic carbocycles. The van der Waals surface area contributed by atoms with Gasteiger partial charge in [0.05, 0.1) is 22.7 Å². The lowest BCUT2D eigenvalue weighted by Crippen LogP contribution is -2.01. The molecule has 3 aromatic rings. The number of halogens is 1. The number of ether oxygens (including phenoxy) is 1. The first-order valence-electron chi connectivity index (χ1n) is 6.86. The van der Waals surface area contributed by atoms with Crippen molar-refractivity contribution in [3.63, 3.8) is 0 Å². The third-order valence-electron chi connectivity index (χ3n) is 3.22. The van der Waals surface area contributed by atoms with Crippen LogP contribution in [0.5, 0.6) is 5.75 Å². The summed E-state index contributed by atoms with van der Waals surface area (Å²) < 4.78 is 7.44. The van der Waals surface area contributed by atoms with Crippen molar-refractivity contribution < 1.29 is 4.74 Å². The second kappa shape index (κ2) is 5.66. The summed E-state index contributed by atoms with van der Waals surface area (Å²) in [4.78, 5) is 4.35. The Kier molecular flexibility index (Phi) is 3.71. The van der Waals surface area contributed by atoms with E-state index in [1.807, 2.05) is 47.0 Å². The number of anilines is 1.